The summed E-state index contributed by atoms with van der Waals surface area (Å²) in [6.45, 7) is 5.02. The Morgan fingerprint density at radius 1 is 1.08 bits per heavy atom. The molecule has 2 aromatic rings. The maximum Gasteiger partial charge on any atom is 0.573 e. The summed E-state index contributed by atoms with van der Waals surface area (Å²) in [6.07, 6.45) is -0.787. The summed E-state index contributed by atoms with van der Waals surface area (Å²) in [6, 6.07) is 8.03. The fourth-order valence-electron chi connectivity index (χ4n) is 5.41. The van der Waals surface area contributed by atoms with Crippen molar-refractivity contribution in [2.24, 2.45) is 0 Å². The number of morpholine rings is 1. The third-order valence-electron chi connectivity index (χ3n) is 7.30. The summed E-state index contributed by atoms with van der Waals surface area (Å²) in [7, 11) is 2.09. The zero-order chi connectivity index (χ0) is 26.0. The average molecular weight is 520 g/mol. The Morgan fingerprint density at radius 2 is 1.81 bits per heavy atom. The van der Waals surface area contributed by atoms with Gasteiger partial charge in [0.2, 0.25) is 0 Å². The first kappa shape index (κ1) is 25.6. The van der Waals surface area contributed by atoms with E-state index >= 15 is 0 Å². The van der Waals surface area contributed by atoms with Crippen LogP contribution in [0.25, 0.3) is 5.57 Å². The van der Waals surface area contributed by atoms with E-state index in [4.69, 9.17) is 4.74 Å². The monoisotopic (exact) mass is 519 g/mol. The highest BCUT2D eigenvalue weighted by Crippen LogP contribution is 2.37. The molecule has 0 spiro atoms. The summed E-state index contributed by atoms with van der Waals surface area (Å²) in [5.74, 6) is -0.290. The van der Waals surface area contributed by atoms with Crippen LogP contribution in [0.2, 0.25) is 0 Å². The minimum atomic E-state index is -4.74. The van der Waals surface area contributed by atoms with Gasteiger partial charge < -0.3 is 24.2 Å². The Bertz CT molecular complexity index is 1110. The van der Waals surface area contributed by atoms with Crippen molar-refractivity contribution in [2.75, 3.05) is 59.5 Å². The molecule has 5 rings (SSSR count). The van der Waals surface area contributed by atoms with Gasteiger partial charge in [-0.15, -0.1) is 13.2 Å². The van der Waals surface area contributed by atoms with Gasteiger partial charge in [-0.05, 0) is 49.2 Å². The molecule has 2 unspecified atom stereocenters. The summed E-state index contributed by atoms with van der Waals surface area (Å²) in [5, 5.41) is 7.79. The van der Waals surface area contributed by atoms with E-state index in [1.807, 2.05) is 9.80 Å². The first-order valence-electron chi connectivity index (χ1n) is 12.7. The lowest BCUT2D eigenvalue weighted by Crippen LogP contribution is -2.52. The van der Waals surface area contributed by atoms with Gasteiger partial charge in [-0.3, -0.25) is 5.10 Å². The van der Waals surface area contributed by atoms with Crippen LogP contribution in [0.4, 0.5) is 18.0 Å². The SMILES string of the molecule is CN1CCC=C(c2cc(C3CC(c4ccc(OC(F)(F)F)cc4)CN(C(=O)N4CCOCC4)C3)[nH]n2)C1. The first-order valence-corrected chi connectivity index (χ1v) is 12.7. The van der Waals surface area contributed by atoms with Crippen LogP contribution in [0.5, 0.6) is 5.75 Å². The third-order valence-corrected chi connectivity index (χ3v) is 7.30. The van der Waals surface area contributed by atoms with Crippen molar-refractivity contribution in [1.29, 1.82) is 0 Å². The van der Waals surface area contributed by atoms with E-state index in [1.165, 1.54) is 17.7 Å². The normalized spacial score (nSPS) is 23.6. The molecule has 37 heavy (non-hydrogen) atoms. The molecule has 0 radical (unpaired) electrons. The number of benzene rings is 1. The highest BCUT2D eigenvalue weighted by Gasteiger charge is 2.35. The molecule has 1 aromatic heterocycles. The number of alkyl halides is 3. The Balaban J connectivity index is 1.37. The largest absolute Gasteiger partial charge is 0.573 e. The van der Waals surface area contributed by atoms with Crippen LogP contribution >= 0.6 is 0 Å². The van der Waals surface area contributed by atoms with E-state index in [0.717, 1.165) is 42.9 Å². The topological polar surface area (TPSA) is 73.9 Å². The molecule has 0 saturated carbocycles. The molecule has 2 fully saturated rings. The van der Waals surface area contributed by atoms with E-state index in [9.17, 15) is 18.0 Å². The van der Waals surface area contributed by atoms with Gasteiger partial charge in [0.25, 0.3) is 0 Å². The Hall–Kier alpha value is -3.05. The van der Waals surface area contributed by atoms with Crippen molar-refractivity contribution in [3.8, 4) is 5.75 Å². The number of amides is 2. The molecule has 0 bridgehead atoms. The molecular formula is C26H32F3N5O3. The number of likely N-dealkylation sites (N-methyl/N-ethyl adjacent to an activating group) is 1. The fraction of sp³-hybridized carbons (Fsp3) is 0.538. The number of piperidine rings is 1. The molecule has 11 heteroatoms. The van der Waals surface area contributed by atoms with Gasteiger partial charge in [0.05, 0.1) is 18.9 Å². The van der Waals surface area contributed by atoms with E-state index in [2.05, 4.69) is 39.0 Å². The van der Waals surface area contributed by atoms with E-state index in [1.54, 1.807) is 12.1 Å². The summed E-state index contributed by atoms with van der Waals surface area (Å²) < 4.78 is 47.3. The number of nitrogens with zero attached hydrogens (tertiary/aromatic N) is 4. The van der Waals surface area contributed by atoms with E-state index in [0.29, 0.717) is 39.4 Å². The van der Waals surface area contributed by atoms with Gasteiger partial charge in [0.1, 0.15) is 5.75 Å². The second-order valence-corrected chi connectivity index (χ2v) is 10.00. The Kier molecular flexibility index (Phi) is 7.43. The van der Waals surface area contributed by atoms with Crippen LogP contribution < -0.4 is 4.74 Å². The number of halogens is 3. The second kappa shape index (κ2) is 10.7. The lowest BCUT2D eigenvalue weighted by atomic mass is 9.83. The minimum Gasteiger partial charge on any atom is -0.406 e. The Morgan fingerprint density at radius 3 is 2.51 bits per heavy atom. The van der Waals surface area contributed by atoms with Gasteiger partial charge in [-0.2, -0.15) is 5.10 Å². The molecule has 1 aromatic carbocycles. The van der Waals surface area contributed by atoms with Gasteiger partial charge in [0.15, 0.2) is 0 Å². The molecule has 2 saturated heterocycles. The lowest BCUT2D eigenvalue weighted by molar-refractivity contribution is -0.274. The predicted molar refractivity (Wildman–Crippen MR) is 131 cm³/mol. The van der Waals surface area contributed by atoms with Crippen molar-refractivity contribution in [3.05, 3.63) is 53.4 Å². The number of carbonyl (C=O) groups is 1. The Labute approximate surface area is 214 Å². The standard InChI is InChI=1S/C26H32F3N5O3/c1-32-8-2-3-19(15-32)23-14-24(31-30-23)21-13-20(18-4-6-22(7-5-18)37-26(27,28)29)16-34(17-21)25(35)33-9-11-36-12-10-33/h3-7,14,20-21H,2,8-13,15-17H2,1H3,(H,30,31). The number of ether oxygens (including phenoxy) is 2. The van der Waals surface area contributed by atoms with Crippen LogP contribution in [0.15, 0.2) is 36.4 Å². The highest BCUT2D eigenvalue weighted by molar-refractivity contribution is 5.75. The maximum atomic E-state index is 13.4. The number of nitrogens with one attached hydrogen (secondary N) is 1. The quantitative estimate of drug-likeness (QED) is 0.660. The van der Waals surface area contributed by atoms with Crippen molar-refractivity contribution in [3.63, 3.8) is 0 Å². The highest BCUT2D eigenvalue weighted by atomic mass is 19.4. The number of urea groups is 1. The van der Waals surface area contributed by atoms with Crippen LogP contribution in [0, 0.1) is 0 Å². The van der Waals surface area contributed by atoms with Crippen molar-refractivity contribution in [2.45, 2.75) is 31.0 Å². The third kappa shape index (κ3) is 6.27. The minimum absolute atomic E-state index is 0.0120. The number of aromatic amines is 1. The van der Waals surface area contributed by atoms with Crippen molar-refractivity contribution in [1.82, 2.24) is 24.9 Å². The molecular weight excluding hydrogens is 487 g/mol. The van der Waals surface area contributed by atoms with Crippen molar-refractivity contribution < 1.29 is 27.4 Å². The summed E-state index contributed by atoms with van der Waals surface area (Å²) in [5.41, 5.74) is 3.94. The fourth-order valence-corrected chi connectivity index (χ4v) is 5.41. The van der Waals surface area contributed by atoms with Crippen LogP contribution in [-0.2, 0) is 4.74 Å². The zero-order valence-corrected chi connectivity index (χ0v) is 20.8. The lowest BCUT2D eigenvalue weighted by Gasteiger charge is -2.41. The summed E-state index contributed by atoms with van der Waals surface area (Å²) in [4.78, 5) is 19.3. The van der Waals surface area contributed by atoms with Crippen LogP contribution in [-0.4, -0.2) is 96.8 Å². The molecule has 8 nitrogen and oxygen atoms in total. The van der Waals surface area contributed by atoms with Gasteiger partial charge in [-0.1, -0.05) is 18.2 Å². The molecule has 0 aliphatic carbocycles. The van der Waals surface area contributed by atoms with Gasteiger partial charge in [-0.25, -0.2) is 4.79 Å². The molecule has 4 heterocycles. The molecule has 1 N–H and O–H groups in total. The molecule has 3 aliphatic rings. The molecule has 3 aliphatic heterocycles. The molecule has 200 valence electrons. The van der Waals surface area contributed by atoms with Crippen molar-refractivity contribution >= 4 is 11.6 Å². The first-order chi connectivity index (χ1) is 17.7. The number of hydrogen-bond donors (Lipinski definition) is 1. The number of likely N-dealkylation sites (tertiary alicyclic amines) is 1. The second-order valence-electron chi connectivity index (χ2n) is 10.00. The smallest absolute Gasteiger partial charge is 0.406 e. The number of hydrogen-bond acceptors (Lipinski definition) is 5. The van der Waals surface area contributed by atoms with E-state index < -0.39 is 6.36 Å². The van der Waals surface area contributed by atoms with Gasteiger partial charge in [0, 0.05) is 56.8 Å². The summed E-state index contributed by atoms with van der Waals surface area (Å²) >= 11 is 0. The van der Waals surface area contributed by atoms with Crippen LogP contribution in [0.1, 0.15) is 41.6 Å². The van der Waals surface area contributed by atoms with Crippen LogP contribution in [0.3, 0.4) is 0 Å². The number of rotatable bonds is 4. The number of H-pyrrole nitrogens is 1. The number of aromatic nitrogens is 2. The maximum absolute atomic E-state index is 13.4. The zero-order valence-electron chi connectivity index (χ0n) is 20.8. The number of carbonyl (C=O) groups excluding carboxylic acids is 1. The molecule has 2 atom stereocenters. The van der Waals surface area contributed by atoms with E-state index in [-0.39, 0.29) is 23.6 Å². The predicted octanol–water partition coefficient (Wildman–Crippen LogP) is 4.05. The molecule has 2 amide bonds. The van der Waals surface area contributed by atoms with Gasteiger partial charge >= 0.3 is 12.4 Å². The average Bonchev–Trinajstić information content (AvgIpc) is 3.39.